The predicted octanol–water partition coefficient (Wildman–Crippen LogP) is 11.4. The third-order valence-electron chi connectivity index (χ3n) is 22.1. The SMILES string of the molecule is CC[C@H]1CC[C@@H]2[C@@H](CCCO)[C@H]3C4(CCCC4)CC[C@]34c3cc(c5c(c3)O[C@@]3(CNC)C[C@@H](CC#CO5)[C@@H](C[C@H](O)OC5CCCC5)C3)NC(=NC)NC#CC[C@@H]3CCC[C@@]3(Cc3ccc(O)c(OC)c3)C(=O)/C=C/[C@@H]4[C@H]2C1. The molecule has 0 aromatic heterocycles. The van der Waals surface area contributed by atoms with E-state index in [0.29, 0.717) is 90.7 Å². The first-order valence-electron chi connectivity index (χ1n) is 30.7. The van der Waals surface area contributed by atoms with Crippen LogP contribution in [0.5, 0.6) is 23.0 Å². The second-order valence-electron chi connectivity index (χ2n) is 26.0. The van der Waals surface area contributed by atoms with Crippen molar-refractivity contribution in [1.82, 2.24) is 10.6 Å². The fourth-order valence-corrected chi connectivity index (χ4v) is 18.8. The second kappa shape index (κ2) is 23.4. The Morgan fingerprint density at radius 3 is 2.59 bits per heavy atom. The van der Waals surface area contributed by atoms with Gasteiger partial charge in [0.05, 0.1) is 18.9 Å². The van der Waals surface area contributed by atoms with E-state index < -0.39 is 22.7 Å². The van der Waals surface area contributed by atoms with Gasteiger partial charge in [0.25, 0.3) is 0 Å². The number of anilines is 1. The summed E-state index contributed by atoms with van der Waals surface area (Å²) in [7, 11) is 5.35. The van der Waals surface area contributed by atoms with E-state index in [0.717, 1.165) is 102 Å². The van der Waals surface area contributed by atoms with Crippen LogP contribution in [0.4, 0.5) is 5.69 Å². The van der Waals surface area contributed by atoms with Crippen molar-refractivity contribution >= 4 is 17.4 Å². The van der Waals surface area contributed by atoms with Gasteiger partial charge in [-0.1, -0.05) is 75.9 Å². The van der Waals surface area contributed by atoms with Gasteiger partial charge < -0.3 is 44.9 Å². The number of likely N-dealkylation sites (N-methyl/N-ethyl adjacent to an activating group) is 1. The van der Waals surface area contributed by atoms with Crippen LogP contribution in [0, 0.1) is 88.1 Å². The van der Waals surface area contributed by atoms with Gasteiger partial charge in [-0.05, 0) is 204 Å². The van der Waals surface area contributed by atoms with E-state index in [1.807, 2.05) is 19.2 Å². The first-order chi connectivity index (χ1) is 38.0. The number of ketones is 1. The maximum Gasteiger partial charge on any atom is 0.207 e. The van der Waals surface area contributed by atoms with Gasteiger partial charge >= 0.3 is 0 Å². The lowest BCUT2D eigenvalue weighted by Gasteiger charge is -2.62. The molecule has 6 N–H and O–H groups in total. The van der Waals surface area contributed by atoms with Gasteiger partial charge in [-0.15, -0.1) is 0 Å². The van der Waals surface area contributed by atoms with Crippen LogP contribution in [0.1, 0.15) is 172 Å². The normalized spacial score (nSPS) is 36.2. The molecule has 12 nitrogen and oxygen atoms in total. The molecule has 0 unspecified atom stereocenters. The summed E-state index contributed by atoms with van der Waals surface area (Å²) in [6.07, 6.45) is 30.9. The molecule has 2 heterocycles. The van der Waals surface area contributed by atoms with E-state index in [9.17, 15) is 15.3 Å². The minimum atomic E-state index is -0.845. The molecule has 7 fully saturated rings. The number of ether oxygens (including phenoxy) is 4. The number of phenolic OH excluding ortho intramolecular Hbond substituents is 1. The third kappa shape index (κ3) is 10.4. The number of aliphatic hydroxyl groups is 2. The number of allylic oxidation sites excluding steroid dienone is 2. The molecule has 0 saturated heterocycles. The van der Waals surface area contributed by atoms with Gasteiger partial charge in [0.1, 0.15) is 11.7 Å². The summed E-state index contributed by atoms with van der Waals surface area (Å²) in [5.74, 6) is 11.7. The van der Waals surface area contributed by atoms with Crippen LogP contribution in [0.2, 0.25) is 0 Å². The largest absolute Gasteiger partial charge is 0.504 e. The zero-order valence-corrected chi connectivity index (χ0v) is 47.3. The van der Waals surface area contributed by atoms with Crippen LogP contribution < -0.4 is 30.2 Å². The van der Waals surface area contributed by atoms with Gasteiger partial charge in [0.15, 0.2) is 29.3 Å². The van der Waals surface area contributed by atoms with Crippen molar-refractivity contribution in [3.8, 4) is 47.0 Å². The number of benzene rings is 2. The average Bonchev–Trinajstić information content (AvgIpc) is 4.37. The smallest absolute Gasteiger partial charge is 0.207 e. The highest BCUT2D eigenvalue weighted by atomic mass is 16.6. The minimum Gasteiger partial charge on any atom is -0.504 e. The van der Waals surface area contributed by atoms with Crippen LogP contribution in [-0.2, 0) is 21.4 Å². The molecule has 2 aromatic carbocycles. The molecule has 12 heteroatoms. The number of hydrogen-bond acceptors (Lipinski definition) is 10. The number of nitrogens with zero attached hydrogens (tertiary/aromatic N) is 1. The van der Waals surface area contributed by atoms with Crippen molar-refractivity contribution in [1.29, 1.82) is 0 Å². The zero-order valence-electron chi connectivity index (χ0n) is 47.3. The van der Waals surface area contributed by atoms with E-state index in [4.69, 9.17) is 23.9 Å². The van der Waals surface area contributed by atoms with Crippen molar-refractivity contribution < 1.29 is 39.1 Å². The number of guanidine groups is 1. The van der Waals surface area contributed by atoms with Crippen LogP contribution in [0.15, 0.2) is 47.5 Å². The Kier molecular flexibility index (Phi) is 16.6. The Morgan fingerprint density at radius 1 is 0.962 bits per heavy atom. The maximum atomic E-state index is 16.0. The Morgan fingerprint density at radius 2 is 1.81 bits per heavy atom. The molecule has 9 aliphatic rings. The van der Waals surface area contributed by atoms with Crippen molar-refractivity contribution in [2.24, 2.45) is 69.1 Å². The quantitative estimate of drug-likeness (QED) is 0.0836. The summed E-state index contributed by atoms with van der Waals surface area (Å²) in [6, 6.07) is 13.5. The van der Waals surface area contributed by atoms with E-state index in [1.54, 1.807) is 20.2 Å². The van der Waals surface area contributed by atoms with Gasteiger partial charge in [-0.2, -0.15) is 0 Å². The molecule has 2 aromatic rings. The molecule has 4 bridgehead atoms. The Balaban J connectivity index is 1.11. The highest BCUT2D eigenvalue weighted by Gasteiger charge is 2.68. The number of aromatic hydroxyl groups is 1. The van der Waals surface area contributed by atoms with Crippen LogP contribution in [0.3, 0.4) is 0 Å². The summed E-state index contributed by atoms with van der Waals surface area (Å²) in [5.41, 5.74) is 1.29. The second-order valence-corrected chi connectivity index (χ2v) is 26.0. The summed E-state index contributed by atoms with van der Waals surface area (Å²) < 4.78 is 26.4. The first-order valence-corrected chi connectivity index (χ1v) is 30.7. The zero-order chi connectivity index (χ0) is 54.1. The number of fused-ring (bicyclic) bond motifs is 10. The molecular weight excluding hydrogens is 977 g/mol. The monoisotopic (exact) mass is 1070 g/mol. The number of carbonyl (C=O) groups is 1. The van der Waals surface area contributed by atoms with E-state index in [1.165, 1.54) is 44.1 Å². The van der Waals surface area contributed by atoms with Crippen LogP contribution in [-0.4, -0.2) is 79.4 Å². The molecule has 13 atom stereocenters. The van der Waals surface area contributed by atoms with Gasteiger partial charge in [0, 0.05) is 56.3 Å². The van der Waals surface area contributed by atoms with E-state index >= 15 is 4.79 Å². The first kappa shape index (κ1) is 55.2. The van der Waals surface area contributed by atoms with Crippen molar-refractivity contribution in [2.45, 2.75) is 191 Å². The lowest BCUT2D eigenvalue weighted by molar-refractivity contribution is -0.145. The summed E-state index contributed by atoms with van der Waals surface area (Å²) in [5, 5.41) is 43.6. The third-order valence-corrected chi connectivity index (χ3v) is 22.1. The predicted molar refractivity (Wildman–Crippen MR) is 305 cm³/mol. The summed E-state index contributed by atoms with van der Waals surface area (Å²) in [6.45, 7) is 3.15. The fourth-order valence-electron chi connectivity index (χ4n) is 18.8. The number of carbonyl (C=O) groups excluding carboxylic acids is 1. The number of aliphatic imine (C=N–C) groups is 1. The highest BCUT2D eigenvalue weighted by molar-refractivity contribution is 5.97. The number of rotatable bonds is 13. The number of methoxy groups -OCH3 is 1. The summed E-state index contributed by atoms with van der Waals surface area (Å²) >= 11 is 0. The Labute approximate surface area is 465 Å². The van der Waals surface area contributed by atoms with Gasteiger partial charge in [-0.25, -0.2) is 0 Å². The molecule has 78 heavy (non-hydrogen) atoms. The molecule has 422 valence electrons. The lowest BCUT2D eigenvalue weighted by Crippen LogP contribution is -2.58. The molecule has 0 amide bonds. The molecule has 7 saturated carbocycles. The lowest BCUT2D eigenvalue weighted by atomic mass is 9.42. The van der Waals surface area contributed by atoms with Crippen molar-refractivity contribution in [2.75, 3.05) is 39.7 Å². The van der Waals surface area contributed by atoms with Gasteiger partial charge in [-0.3, -0.25) is 15.1 Å². The van der Waals surface area contributed by atoms with Crippen molar-refractivity contribution in [3.05, 3.63) is 53.6 Å². The molecular formula is C66H90N4O8. The standard InChI is InChI=1S/C66H90N4O8/c1-5-43-20-22-50-51(19-12-32-71)61-63(26-8-9-27-63)29-30-66(61)48-37-54(60-57(38-48)78-64(42-67-2)40-45(14-13-33-76-60)46(41-64)36-59(74)77-49-17-6-7-18-49)70-62(68-3)69-31-11-16-47-15-10-28-65(47,58(73)25-23-53(66)52(50)34-43)39-44-21-24-55(72)56(35-44)75-4/h21,23-25,35,37-38,43,45-47,49-53,59,61,67,71-72,74H,5-10,12,14-20,22,26-30,32,34,36,39-42H2,1-4H3,(H2,68,69,70)/b25-23+/t43-,45+,46-,47-,50+,51+,52-,53+,59+,61-,64-,65-,66+/m0/s1. The maximum absolute atomic E-state index is 16.0. The molecule has 0 radical (unpaired) electrons. The Bertz CT molecular complexity index is 2670. The minimum absolute atomic E-state index is 0.00932. The summed E-state index contributed by atoms with van der Waals surface area (Å²) in [4.78, 5) is 20.8. The molecule has 2 aliphatic heterocycles. The topological polar surface area (TPSA) is 163 Å². The number of aliphatic hydroxyl groups excluding tert-OH is 2. The van der Waals surface area contributed by atoms with Crippen LogP contribution >= 0.6 is 0 Å². The average molecular weight is 1070 g/mol. The number of phenols is 1. The highest BCUT2D eigenvalue weighted by Crippen LogP contribution is 2.74. The van der Waals surface area contributed by atoms with Crippen LogP contribution in [0.25, 0.3) is 0 Å². The molecule has 11 rings (SSSR count). The van der Waals surface area contributed by atoms with Crippen molar-refractivity contribution in [3.63, 3.8) is 0 Å². The molecule has 7 aliphatic carbocycles. The van der Waals surface area contributed by atoms with E-state index in [-0.39, 0.29) is 53.3 Å². The number of hydrogen-bond donors (Lipinski definition) is 6. The molecule has 2 spiro atoms. The number of nitrogens with one attached hydrogen (secondary N) is 3. The Hall–Kier alpha value is -4.72. The van der Waals surface area contributed by atoms with Gasteiger partial charge in [0.2, 0.25) is 11.7 Å². The fraction of sp³-hybridized carbons (Fsp3) is 0.697. The van der Waals surface area contributed by atoms with E-state index in [2.05, 4.69) is 71.2 Å².